The van der Waals surface area contributed by atoms with Crippen LogP contribution >= 0.6 is 23.2 Å². The van der Waals surface area contributed by atoms with Crippen LogP contribution in [0, 0.1) is 6.92 Å². The molecule has 0 saturated heterocycles. The number of anilines is 1. The molecule has 1 atom stereocenters. The molecule has 0 aromatic heterocycles. The number of carbonyl (C=O) groups excluding carboxylic acids is 2. The summed E-state index contributed by atoms with van der Waals surface area (Å²) < 4.78 is 26.0. The van der Waals surface area contributed by atoms with Gasteiger partial charge in [0.15, 0.2) is 0 Å². The Labute approximate surface area is 199 Å². The van der Waals surface area contributed by atoms with Gasteiger partial charge in [-0.1, -0.05) is 41.4 Å². The third-order valence-corrected chi connectivity index (χ3v) is 6.67. The summed E-state index contributed by atoms with van der Waals surface area (Å²) in [6, 6.07) is 10.9. The van der Waals surface area contributed by atoms with Gasteiger partial charge >= 0.3 is 0 Å². The van der Waals surface area contributed by atoms with Crippen LogP contribution in [0.2, 0.25) is 10.0 Å². The summed E-state index contributed by atoms with van der Waals surface area (Å²) in [6.45, 7) is 5.18. The minimum absolute atomic E-state index is 0.0873. The molecule has 0 aliphatic heterocycles. The Morgan fingerprint density at radius 2 is 1.81 bits per heavy atom. The van der Waals surface area contributed by atoms with E-state index in [4.69, 9.17) is 23.2 Å². The predicted molar refractivity (Wildman–Crippen MR) is 129 cm³/mol. The van der Waals surface area contributed by atoms with Gasteiger partial charge < -0.3 is 10.2 Å². The van der Waals surface area contributed by atoms with Crippen LogP contribution in [0.5, 0.6) is 0 Å². The van der Waals surface area contributed by atoms with Gasteiger partial charge in [0.2, 0.25) is 21.8 Å². The van der Waals surface area contributed by atoms with E-state index in [-0.39, 0.29) is 18.1 Å². The van der Waals surface area contributed by atoms with Gasteiger partial charge in [-0.2, -0.15) is 0 Å². The van der Waals surface area contributed by atoms with Crippen LogP contribution in [-0.4, -0.2) is 50.5 Å². The Bertz CT molecular complexity index is 1090. The minimum Gasteiger partial charge on any atom is -0.355 e. The number of rotatable bonds is 9. The highest BCUT2D eigenvalue weighted by atomic mass is 35.5. The number of nitrogens with one attached hydrogen (secondary N) is 1. The second-order valence-corrected chi connectivity index (χ2v) is 10.2. The van der Waals surface area contributed by atoms with Crippen molar-refractivity contribution in [2.45, 2.75) is 33.4 Å². The van der Waals surface area contributed by atoms with Crippen molar-refractivity contribution in [1.82, 2.24) is 10.2 Å². The van der Waals surface area contributed by atoms with E-state index in [1.807, 2.05) is 0 Å². The zero-order valence-corrected chi connectivity index (χ0v) is 20.8. The molecule has 1 unspecified atom stereocenters. The molecule has 2 aromatic carbocycles. The van der Waals surface area contributed by atoms with Crippen molar-refractivity contribution in [3.8, 4) is 0 Å². The Balaban J connectivity index is 2.40. The van der Waals surface area contributed by atoms with Gasteiger partial charge in [0.1, 0.15) is 12.6 Å². The minimum atomic E-state index is -3.81. The Hall–Kier alpha value is -2.29. The molecule has 0 bridgehead atoms. The molecule has 2 aromatic rings. The maximum Gasteiger partial charge on any atom is 0.244 e. The molecule has 174 valence electrons. The predicted octanol–water partition coefficient (Wildman–Crippen LogP) is 3.62. The molecule has 0 aliphatic carbocycles. The molecule has 10 heteroatoms. The lowest BCUT2D eigenvalue weighted by Crippen LogP contribution is -2.51. The summed E-state index contributed by atoms with van der Waals surface area (Å²) in [5, 5.41) is 3.58. The first-order valence-corrected chi connectivity index (χ1v) is 12.6. The summed E-state index contributed by atoms with van der Waals surface area (Å²) in [4.78, 5) is 27.2. The standard InChI is InChI=1S/C22H27Cl2N3O4S/c1-5-25-22(29)16(3)26(13-17-7-6-8-18(23)11-17)21(28)14-27(32(4,30)31)19-10-9-15(2)20(24)12-19/h6-12,16H,5,13-14H2,1-4H3,(H,25,29). The summed E-state index contributed by atoms with van der Waals surface area (Å²) in [5.41, 5.74) is 1.76. The number of hydrogen-bond acceptors (Lipinski definition) is 4. The first-order chi connectivity index (χ1) is 14.9. The van der Waals surface area contributed by atoms with Crippen LogP contribution in [0.3, 0.4) is 0 Å². The number of amides is 2. The highest BCUT2D eigenvalue weighted by molar-refractivity contribution is 7.92. The van der Waals surface area contributed by atoms with Gasteiger partial charge in [0, 0.05) is 23.1 Å². The van der Waals surface area contributed by atoms with Crippen LogP contribution in [0.1, 0.15) is 25.0 Å². The summed E-state index contributed by atoms with van der Waals surface area (Å²) in [6.07, 6.45) is 1.02. The SMILES string of the molecule is CCNC(=O)C(C)N(Cc1cccc(Cl)c1)C(=O)CN(c1ccc(C)c(Cl)c1)S(C)(=O)=O. The number of halogens is 2. The van der Waals surface area contributed by atoms with Gasteiger partial charge in [-0.05, 0) is 56.2 Å². The quantitative estimate of drug-likeness (QED) is 0.570. The molecule has 0 heterocycles. The Morgan fingerprint density at radius 1 is 1.12 bits per heavy atom. The smallest absolute Gasteiger partial charge is 0.244 e. The van der Waals surface area contributed by atoms with Crippen LogP contribution in [0.4, 0.5) is 5.69 Å². The third-order valence-electron chi connectivity index (χ3n) is 4.88. The molecule has 0 radical (unpaired) electrons. The van der Waals surface area contributed by atoms with E-state index in [0.29, 0.717) is 22.2 Å². The van der Waals surface area contributed by atoms with E-state index in [9.17, 15) is 18.0 Å². The highest BCUT2D eigenvalue weighted by Gasteiger charge is 2.30. The average molecular weight is 500 g/mol. The summed E-state index contributed by atoms with van der Waals surface area (Å²) in [5.74, 6) is -0.877. The van der Waals surface area contributed by atoms with E-state index in [0.717, 1.165) is 16.1 Å². The molecular weight excluding hydrogens is 473 g/mol. The van der Waals surface area contributed by atoms with Gasteiger partial charge in [-0.15, -0.1) is 0 Å². The molecule has 0 aliphatic rings. The van der Waals surface area contributed by atoms with E-state index < -0.39 is 28.5 Å². The molecule has 0 saturated carbocycles. The zero-order valence-electron chi connectivity index (χ0n) is 18.4. The van der Waals surface area contributed by atoms with Crippen LogP contribution in [-0.2, 0) is 26.2 Å². The Morgan fingerprint density at radius 3 is 2.38 bits per heavy atom. The fourth-order valence-electron chi connectivity index (χ4n) is 3.09. The van der Waals surface area contributed by atoms with E-state index in [1.54, 1.807) is 57.2 Å². The van der Waals surface area contributed by atoms with Gasteiger partial charge in [-0.25, -0.2) is 8.42 Å². The number of sulfonamides is 1. The van der Waals surface area contributed by atoms with E-state index in [1.165, 1.54) is 11.0 Å². The lowest BCUT2D eigenvalue weighted by Gasteiger charge is -2.31. The summed E-state index contributed by atoms with van der Waals surface area (Å²) in [7, 11) is -3.81. The molecule has 32 heavy (non-hydrogen) atoms. The van der Waals surface area contributed by atoms with Crippen molar-refractivity contribution in [2.24, 2.45) is 0 Å². The number of aryl methyl sites for hydroxylation is 1. The number of nitrogens with zero attached hydrogens (tertiary/aromatic N) is 2. The first kappa shape index (κ1) is 26.0. The first-order valence-electron chi connectivity index (χ1n) is 9.99. The van der Waals surface area contributed by atoms with Crippen molar-refractivity contribution in [2.75, 3.05) is 23.7 Å². The van der Waals surface area contributed by atoms with Crippen molar-refractivity contribution in [1.29, 1.82) is 0 Å². The largest absolute Gasteiger partial charge is 0.355 e. The lowest BCUT2D eigenvalue weighted by molar-refractivity contribution is -0.139. The Kier molecular flexibility index (Phi) is 8.95. The summed E-state index contributed by atoms with van der Waals surface area (Å²) >= 11 is 12.2. The second-order valence-electron chi connectivity index (χ2n) is 7.43. The fraction of sp³-hybridized carbons (Fsp3) is 0.364. The van der Waals surface area contributed by atoms with E-state index in [2.05, 4.69) is 5.32 Å². The molecule has 1 N–H and O–H groups in total. The van der Waals surface area contributed by atoms with Gasteiger partial charge in [0.05, 0.1) is 11.9 Å². The molecule has 0 spiro atoms. The van der Waals surface area contributed by atoms with Crippen molar-refractivity contribution in [3.05, 3.63) is 63.6 Å². The average Bonchev–Trinajstić information content (AvgIpc) is 2.71. The fourth-order valence-corrected chi connectivity index (χ4v) is 4.32. The topological polar surface area (TPSA) is 86.8 Å². The van der Waals surface area contributed by atoms with Crippen LogP contribution < -0.4 is 9.62 Å². The molecular formula is C22H27Cl2N3O4S. The number of likely N-dealkylation sites (N-methyl/N-ethyl adjacent to an activating group) is 1. The molecule has 0 fully saturated rings. The normalized spacial score (nSPS) is 12.2. The van der Waals surface area contributed by atoms with Crippen molar-refractivity contribution >= 4 is 50.7 Å². The van der Waals surface area contributed by atoms with E-state index >= 15 is 0 Å². The maximum atomic E-state index is 13.3. The van der Waals surface area contributed by atoms with Gasteiger partial charge in [0.25, 0.3) is 0 Å². The maximum absolute atomic E-state index is 13.3. The highest BCUT2D eigenvalue weighted by Crippen LogP contribution is 2.25. The van der Waals surface area contributed by atoms with Crippen LogP contribution in [0.15, 0.2) is 42.5 Å². The van der Waals surface area contributed by atoms with Gasteiger partial charge in [-0.3, -0.25) is 13.9 Å². The third kappa shape index (κ3) is 6.85. The number of hydrogen-bond donors (Lipinski definition) is 1. The van der Waals surface area contributed by atoms with Crippen LogP contribution in [0.25, 0.3) is 0 Å². The van der Waals surface area contributed by atoms with Crippen molar-refractivity contribution < 1.29 is 18.0 Å². The zero-order chi connectivity index (χ0) is 24.1. The molecule has 2 rings (SSSR count). The monoisotopic (exact) mass is 499 g/mol. The second kappa shape index (κ2) is 11.0. The number of carbonyl (C=O) groups is 2. The van der Waals surface area contributed by atoms with Crippen molar-refractivity contribution in [3.63, 3.8) is 0 Å². The molecule has 7 nitrogen and oxygen atoms in total. The number of benzene rings is 2. The molecule has 2 amide bonds. The lowest BCUT2D eigenvalue weighted by atomic mass is 10.1.